The summed E-state index contributed by atoms with van der Waals surface area (Å²) in [6.07, 6.45) is 0. The van der Waals surface area contributed by atoms with Crippen molar-refractivity contribution in [2.24, 2.45) is 0 Å². The van der Waals surface area contributed by atoms with E-state index < -0.39 is 0 Å². The van der Waals surface area contributed by atoms with Crippen molar-refractivity contribution in [1.82, 2.24) is 9.13 Å². The molecule has 48 heavy (non-hydrogen) atoms. The van der Waals surface area contributed by atoms with Gasteiger partial charge in [-0.25, -0.2) is 0 Å². The Labute approximate surface area is 278 Å². The first-order valence-corrected chi connectivity index (χ1v) is 16.5. The van der Waals surface area contributed by atoms with Crippen LogP contribution < -0.4 is 0 Å². The Balaban J connectivity index is 1.16. The highest BCUT2D eigenvalue weighted by Crippen LogP contribution is 2.39. The molecule has 0 bridgehead atoms. The van der Waals surface area contributed by atoms with Gasteiger partial charge in [-0.05, 0) is 76.2 Å². The standard InChI is InChI=1S/C46H30N2/c1-2-11-31(12-3-1)32-21-25-36(26-22-32)47-43-18-8-6-16-38(43)40-27-23-35(30-46(40)47)34-24-28-45-41(29-34)39-17-7-9-19-44(39)48(45)42-20-10-14-33-13-4-5-15-37(33)42/h1-30H. The number of rotatable bonds is 4. The second kappa shape index (κ2) is 10.6. The summed E-state index contributed by atoms with van der Waals surface area (Å²) < 4.78 is 4.84. The monoisotopic (exact) mass is 610 g/mol. The molecule has 2 heterocycles. The van der Waals surface area contributed by atoms with E-state index in [0.29, 0.717) is 0 Å². The normalized spacial score (nSPS) is 11.8. The molecule has 0 aliphatic carbocycles. The molecule has 2 nitrogen and oxygen atoms in total. The summed E-state index contributed by atoms with van der Waals surface area (Å²) in [6.45, 7) is 0. The van der Waals surface area contributed by atoms with E-state index in [4.69, 9.17) is 0 Å². The van der Waals surface area contributed by atoms with Gasteiger partial charge in [-0.3, -0.25) is 0 Å². The SMILES string of the molecule is c1ccc(-c2ccc(-n3c4ccccc4c4ccc(-c5ccc6c(c5)c5ccccc5n6-c5cccc6ccccc56)cc43)cc2)cc1. The van der Waals surface area contributed by atoms with Crippen LogP contribution in [0.4, 0.5) is 0 Å². The third kappa shape index (κ3) is 4.06. The summed E-state index contributed by atoms with van der Waals surface area (Å²) in [5.74, 6) is 0. The molecule has 0 radical (unpaired) electrons. The Morgan fingerprint density at radius 2 is 0.812 bits per heavy atom. The van der Waals surface area contributed by atoms with Gasteiger partial charge in [-0.2, -0.15) is 0 Å². The van der Waals surface area contributed by atoms with E-state index in [2.05, 4.69) is 191 Å². The van der Waals surface area contributed by atoms with Crippen LogP contribution in [0.2, 0.25) is 0 Å². The maximum absolute atomic E-state index is 2.43. The second-order valence-corrected chi connectivity index (χ2v) is 12.6. The molecule has 0 saturated carbocycles. The molecule has 0 amide bonds. The van der Waals surface area contributed by atoms with Crippen molar-refractivity contribution < 1.29 is 0 Å². The third-order valence-electron chi connectivity index (χ3n) is 9.92. The molecule has 0 aliphatic rings. The van der Waals surface area contributed by atoms with Gasteiger partial charge in [0.25, 0.3) is 0 Å². The zero-order valence-corrected chi connectivity index (χ0v) is 26.2. The summed E-state index contributed by atoms with van der Waals surface area (Å²) in [7, 11) is 0. The van der Waals surface area contributed by atoms with E-state index in [9.17, 15) is 0 Å². The molecule has 0 atom stereocenters. The van der Waals surface area contributed by atoms with E-state index in [1.807, 2.05) is 0 Å². The molecule has 10 aromatic rings. The maximum atomic E-state index is 2.43. The van der Waals surface area contributed by atoms with Crippen molar-refractivity contribution in [3.8, 4) is 33.6 Å². The van der Waals surface area contributed by atoms with Crippen LogP contribution >= 0.6 is 0 Å². The molecule has 10 rings (SSSR count). The van der Waals surface area contributed by atoms with Crippen molar-refractivity contribution in [3.63, 3.8) is 0 Å². The molecule has 0 unspecified atom stereocenters. The molecule has 0 spiro atoms. The lowest BCUT2D eigenvalue weighted by Gasteiger charge is -2.12. The summed E-state index contributed by atoms with van der Waals surface area (Å²) in [5.41, 5.74) is 12.1. The Hall–Kier alpha value is -6.38. The number of para-hydroxylation sites is 2. The molecule has 0 saturated heterocycles. The number of hydrogen-bond acceptors (Lipinski definition) is 0. The summed E-state index contributed by atoms with van der Waals surface area (Å²) >= 11 is 0. The second-order valence-electron chi connectivity index (χ2n) is 12.6. The Bertz CT molecular complexity index is 2810. The topological polar surface area (TPSA) is 9.86 Å². The molecule has 224 valence electrons. The first kappa shape index (κ1) is 26.8. The smallest absolute Gasteiger partial charge is 0.0547 e. The van der Waals surface area contributed by atoms with Gasteiger partial charge in [-0.1, -0.05) is 133 Å². The minimum Gasteiger partial charge on any atom is -0.309 e. The Morgan fingerprint density at radius 3 is 1.62 bits per heavy atom. The van der Waals surface area contributed by atoms with Crippen LogP contribution in [-0.2, 0) is 0 Å². The number of nitrogens with zero attached hydrogens (tertiary/aromatic N) is 2. The van der Waals surface area contributed by atoms with E-state index in [1.54, 1.807) is 0 Å². The molecule has 0 N–H and O–H groups in total. The summed E-state index contributed by atoms with van der Waals surface area (Å²) in [4.78, 5) is 0. The molecule has 8 aromatic carbocycles. The Morgan fingerprint density at radius 1 is 0.271 bits per heavy atom. The van der Waals surface area contributed by atoms with E-state index in [1.165, 1.54) is 82.3 Å². The van der Waals surface area contributed by atoms with E-state index in [-0.39, 0.29) is 0 Å². The quantitative estimate of drug-likeness (QED) is 0.188. The molecule has 2 aromatic heterocycles. The minimum atomic E-state index is 1.16. The van der Waals surface area contributed by atoms with Crippen molar-refractivity contribution in [2.45, 2.75) is 0 Å². The summed E-state index contributed by atoms with van der Waals surface area (Å²) in [6, 6.07) is 66.2. The van der Waals surface area contributed by atoms with E-state index in [0.717, 1.165) is 5.69 Å². The number of fused-ring (bicyclic) bond motifs is 7. The average Bonchev–Trinajstić information content (AvgIpc) is 3.67. The molecule has 0 fully saturated rings. The van der Waals surface area contributed by atoms with Crippen LogP contribution in [0.5, 0.6) is 0 Å². The lowest BCUT2D eigenvalue weighted by Crippen LogP contribution is -1.95. The van der Waals surface area contributed by atoms with Crippen molar-refractivity contribution >= 4 is 54.4 Å². The van der Waals surface area contributed by atoms with Gasteiger partial charge in [0.2, 0.25) is 0 Å². The number of hydrogen-bond donors (Lipinski definition) is 0. The zero-order chi connectivity index (χ0) is 31.6. The van der Waals surface area contributed by atoms with Crippen molar-refractivity contribution in [1.29, 1.82) is 0 Å². The first-order valence-electron chi connectivity index (χ1n) is 16.5. The van der Waals surface area contributed by atoms with Gasteiger partial charge in [0.05, 0.1) is 27.8 Å². The Kier molecular flexibility index (Phi) is 5.91. The maximum Gasteiger partial charge on any atom is 0.0547 e. The highest BCUT2D eigenvalue weighted by Gasteiger charge is 2.17. The van der Waals surface area contributed by atoms with Gasteiger partial charge >= 0.3 is 0 Å². The van der Waals surface area contributed by atoms with E-state index >= 15 is 0 Å². The molecular formula is C46H30N2. The van der Waals surface area contributed by atoms with Crippen LogP contribution in [0.3, 0.4) is 0 Å². The largest absolute Gasteiger partial charge is 0.309 e. The minimum absolute atomic E-state index is 1.16. The fourth-order valence-corrected chi connectivity index (χ4v) is 7.68. The molecule has 2 heteroatoms. The fraction of sp³-hybridized carbons (Fsp3) is 0. The average molecular weight is 611 g/mol. The van der Waals surface area contributed by atoms with Crippen molar-refractivity contribution in [3.05, 3.63) is 182 Å². The van der Waals surface area contributed by atoms with Crippen LogP contribution in [0, 0.1) is 0 Å². The van der Waals surface area contributed by atoms with Crippen LogP contribution in [-0.4, -0.2) is 9.13 Å². The van der Waals surface area contributed by atoms with Gasteiger partial charge in [0.15, 0.2) is 0 Å². The molecule has 0 aliphatic heterocycles. The zero-order valence-electron chi connectivity index (χ0n) is 26.2. The lowest BCUT2D eigenvalue weighted by molar-refractivity contribution is 1.18. The van der Waals surface area contributed by atoms with Crippen LogP contribution in [0.25, 0.3) is 88.0 Å². The van der Waals surface area contributed by atoms with Gasteiger partial charge < -0.3 is 9.13 Å². The van der Waals surface area contributed by atoms with Gasteiger partial charge in [0.1, 0.15) is 0 Å². The lowest BCUT2D eigenvalue weighted by atomic mass is 10.0. The first-order chi connectivity index (χ1) is 23.8. The highest BCUT2D eigenvalue weighted by atomic mass is 15.0. The molecular weight excluding hydrogens is 581 g/mol. The number of benzene rings is 8. The summed E-state index contributed by atoms with van der Waals surface area (Å²) in [5, 5.41) is 7.54. The fourth-order valence-electron chi connectivity index (χ4n) is 7.68. The third-order valence-corrected chi connectivity index (χ3v) is 9.92. The van der Waals surface area contributed by atoms with Crippen LogP contribution in [0.15, 0.2) is 182 Å². The van der Waals surface area contributed by atoms with Crippen LogP contribution in [0.1, 0.15) is 0 Å². The van der Waals surface area contributed by atoms with Gasteiger partial charge in [0, 0.05) is 32.6 Å². The predicted molar refractivity (Wildman–Crippen MR) is 203 cm³/mol. The van der Waals surface area contributed by atoms with Crippen molar-refractivity contribution in [2.75, 3.05) is 0 Å². The predicted octanol–water partition coefficient (Wildman–Crippen LogP) is 12.4. The van der Waals surface area contributed by atoms with Gasteiger partial charge in [-0.15, -0.1) is 0 Å². The number of aromatic nitrogens is 2. The highest BCUT2D eigenvalue weighted by molar-refractivity contribution is 6.13.